The second-order valence-corrected chi connectivity index (χ2v) is 3.92. The van der Waals surface area contributed by atoms with Crippen LogP contribution in [0.2, 0.25) is 0 Å². The first-order valence-electron chi connectivity index (χ1n) is 5.39. The van der Waals surface area contributed by atoms with Crippen LogP contribution in [0.1, 0.15) is 29.2 Å². The van der Waals surface area contributed by atoms with E-state index in [0.717, 1.165) is 0 Å². The Bertz CT molecular complexity index is 523. The number of benzene rings is 2. The minimum absolute atomic E-state index is 0.106. The highest BCUT2D eigenvalue weighted by Gasteiger charge is 2.12. The average molecular weight is 252 g/mol. The molecular weight excluding hydrogens is 241 g/mol. The molecule has 0 aromatic heterocycles. The zero-order valence-electron chi connectivity index (χ0n) is 9.35. The van der Waals surface area contributed by atoms with Crippen molar-refractivity contribution in [1.82, 2.24) is 0 Å². The van der Waals surface area contributed by atoms with Gasteiger partial charge in [-0.25, -0.2) is 13.2 Å². The maximum atomic E-state index is 13.0. The summed E-state index contributed by atoms with van der Waals surface area (Å²) >= 11 is 0. The van der Waals surface area contributed by atoms with E-state index in [-0.39, 0.29) is 5.56 Å². The maximum absolute atomic E-state index is 13.0. The lowest BCUT2D eigenvalue weighted by Gasteiger charge is -2.12. The molecule has 0 bridgehead atoms. The average Bonchev–Trinajstić information content (AvgIpc) is 2.38. The van der Waals surface area contributed by atoms with Crippen LogP contribution in [0, 0.1) is 5.82 Å². The number of halogens is 3. The van der Waals surface area contributed by atoms with Crippen molar-refractivity contribution in [3.05, 3.63) is 71.0 Å². The van der Waals surface area contributed by atoms with Crippen LogP contribution in [0.3, 0.4) is 0 Å². The molecule has 0 aliphatic carbocycles. The Morgan fingerprint density at radius 3 is 2.00 bits per heavy atom. The monoisotopic (exact) mass is 252 g/mol. The zero-order valence-corrected chi connectivity index (χ0v) is 9.35. The highest BCUT2D eigenvalue weighted by atomic mass is 19.3. The molecule has 2 aromatic carbocycles. The van der Waals surface area contributed by atoms with E-state index < -0.39 is 18.3 Å². The second-order valence-electron chi connectivity index (χ2n) is 3.92. The summed E-state index contributed by atoms with van der Waals surface area (Å²) in [5.41, 5.74) is 0.731. The summed E-state index contributed by atoms with van der Waals surface area (Å²) in [4.78, 5) is 0. The third kappa shape index (κ3) is 2.71. The Morgan fingerprint density at radius 1 is 0.833 bits per heavy atom. The molecular formula is C14H11F3O. The Hall–Kier alpha value is -1.81. The Labute approximate surface area is 103 Å². The van der Waals surface area contributed by atoms with Gasteiger partial charge in [-0.2, -0.15) is 0 Å². The van der Waals surface area contributed by atoms with E-state index in [4.69, 9.17) is 0 Å². The topological polar surface area (TPSA) is 20.2 Å². The predicted octanol–water partition coefficient (Wildman–Crippen LogP) is 3.85. The first-order valence-corrected chi connectivity index (χ1v) is 5.39. The van der Waals surface area contributed by atoms with Crippen LogP contribution in [0.5, 0.6) is 0 Å². The van der Waals surface area contributed by atoms with Crippen molar-refractivity contribution < 1.29 is 18.3 Å². The van der Waals surface area contributed by atoms with Crippen molar-refractivity contribution in [2.24, 2.45) is 0 Å². The van der Waals surface area contributed by atoms with Crippen LogP contribution in [0.15, 0.2) is 48.5 Å². The van der Waals surface area contributed by atoms with E-state index >= 15 is 0 Å². The molecule has 0 aliphatic rings. The van der Waals surface area contributed by atoms with Gasteiger partial charge < -0.3 is 5.11 Å². The second kappa shape index (κ2) is 5.23. The predicted molar refractivity (Wildman–Crippen MR) is 61.9 cm³/mol. The molecule has 2 aromatic rings. The van der Waals surface area contributed by atoms with Crippen LogP contribution >= 0.6 is 0 Å². The molecule has 94 valence electrons. The van der Waals surface area contributed by atoms with Gasteiger partial charge in [-0.05, 0) is 23.3 Å². The fraction of sp³-hybridized carbons (Fsp3) is 0.143. The molecule has 2 rings (SSSR count). The zero-order chi connectivity index (χ0) is 13.1. The molecule has 1 N–H and O–H groups in total. The third-order valence-electron chi connectivity index (χ3n) is 2.67. The quantitative estimate of drug-likeness (QED) is 0.879. The van der Waals surface area contributed by atoms with Crippen molar-refractivity contribution in [3.8, 4) is 0 Å². The van der Waals surface area contributed by atoms with Crippen molar-refractivity contribution in [2.75, 3.05) is 0 Å². The Kier molecular flexibility index (Phi) is 3.67. The SMILES string of the molecule is OC(c1ccc(C(F)F)cc1)c1cccc(F)c1. The summed E-state index contributed by atoms with van der Waals surface area (Å²) in [6, 6.07) is 10.9. The van der Waals surface area contributed by atoms with Crippen LogP contribution in [-0.2, 0) is 0 Å². The molecule has 0 amide bonds. The van der Waals surface area contributed by atoms with Crippen molar-refractivity contribution in [3.63, 3.8) is 0 Å². The molecule has 4 heteroatoms. The van der Waals surface area contributed by atoms with E-state index in [9.17, 15) is 18.3 Å². The summed E-state index contributed by atoms with van der Waals surface area (Å²) in [6.45, 7) is 0. The fourth-order valence-corrected chi connectivity index (χ4v) is 1.69. The van der Waals surface area contributed by atoms with Gasteiger partial charge in [0.2, 0.25) is 0 Å². The van der Waals surface area contributed by atoms with Crippen molar-refractivity contribution in [1.29, 1.82) is 0 Å². The first-order chi connectivity index (χ1) is 8.58. The molecule has 0 aliphatic heterocycles. The standard InChI is InChI=1S/C14H11F3O/c15-12-3-1-2-11(8-12)13(18)9-4-6-10(7-5-9)14(16)17/h1-8,13-14,18H. The maximum Gasteiger partial charge on any atom is 0.263 e. The van der Waals surface area contributed by atoms with E-state index in [1.165, 1.54) is 42.5 Å². The highest BCUT2D eigenvalue weighted by molar-refractivity contribution is 5.32. The van der Waals surface area contributed by atoms with Crippen LogP contribution in [0.25, 0.3) is 0 Å². The smallest absolute Gasteiger partial charge is 0.263 e. The summed E-state index contributed by atoms with van der Waals surface area (Å²) in [6.07, 6.45) is -3.56. The lowest BCUT2D eigenvalue weighted by molar-refractivity contribution is 0.151. The summed E-state index contributed by atoms with van der Waals surface area (Å²) < 4.78 is 37.7. The number of hydrogen-bond donors (Lipinski definition) is 1. The van der Waals surface area contributed by atoms with E-state index in [0.29, 0.717) is 11.1 Å². The number of hydrogen-bond acceptors (Lipinski definition) is 1. The molecule has 0 fully saturated rings. The van der Waals surface area contributed by atoms with E-state index in [1.807, 2.05) is 0 Å². The lowest BCUT2D eigenvalue weighted by atomic mass is 10.0. The summed E-state index contributed by atoms with van der Waals surface area (Å²) in [5.74, 6) is -0.448. The highest BCUT2D eigenvalue weighted by Crippen LogP contribution is 2.25. The molecule has 0 spiro atoms. The largest absolute Gasteiger partial charge is 0.384 e. The fourth-order valence-electron chi connectivity index (χ4n) is 1.69. The van der Waals surface area contributed by atoms with Gasteiger partial charge in [0.05, 0.1) is 0 Å². The summed E-state index contributed by atoms with van der Waals surface area (Å²) in [7, 11) is 0. The van der Waals surface area contributed by atoms with Crippen molar-refractivity contribution in [2.45, 2.75) is 12.5 Å². The molecule has 1 nitrogen and oxygen atoms in total. The van der Waals surface area contributed by atoms with Crippen molar-refractivity contribution >= 4 is 0 Å². The normalized spacial score (nSPS) is 12.7. The molecule has 18 heavy (non-hydrogen) atoms. The van der Waals surface area contributed by atoms with Gasteiger partial charge in [-0.15, -0.1) is 0 Å². The molecule has 0 saturated heterocycles. The van der Waals surface area contributed by atoms with Gasteiger partial charge in [-0.3, -0.25) is 0 Å². The van der Waals surface area contributed by atoms with Gasteiger partial charge in [0.15, 0.2) is 0 Å². The molecule has 1 unspecified atom stereocenters. The third-order valence-corrected chi connectivity index (χ3v) is 2.67. The Balaban J connectivity index is 2.26. The van der Waals surface area contributed by atoms with Gasteiger partial charge in [0, 0.05) is 5.56 Å². The molecule has 0 heterocycles. The van der Waals surface area contributed by atoms with Crippen LogP contribution in [0.4, 0.5) is 13.2 Å². The minimum Gasteiger partial charge on any atom is -0.384 e. The van der Waals surface area contributed by atoms with E-state index in [1.54, 1.807) is 6.07 Å². The van der Waals surface area contributed by atoms with Gasteiger partial charge in [-0.1, -0.05) is 36.4 Å². The number of aliphatic hydroxyl groups is 1. The van der Waals surface area contributed by atoms with Gasteiger partial charge >= 0.3 is 0 Å². The summed E-state index contributed by atoms with van der Waals surface area (Å²) in [5, 5.41) is 9.99. The molecule has 0 saturated carbocycles. The molecule has 1 atom stereocenters. The lowest BCUT2D eigenvalue weighted by Crippen LogP contribution is -2.00. The van der Waals surface area contributed by atoms with Gasteiger partial charge in [0.1, 0.15) is 11.9 Å². The van der Waals surface area contributed by atoms with Crippen LogP contribution < -0.4 is 0 Å². The van der Waals surface area contributed by atoms with Gasteiger partial charge in [0.25, 0.3) is 6.43 Å². The Morgan fingerprint density at radius 2 is 1.44 bits per heavy atom. The number of aliphatic hydroxyl groups excluding tert-OH is 1. The number of rotatable bonds is 3. The molecule has 0 radical (unpaired) electrons. The first kappa shape index (κ1) is 12.6. The number of alkyl halides is 2. The van der Waals surface area contributed by atoms with E-state index in [2.05, 4.69) is 0 Å². The minimum atomic E-state index is -2.54. The van der Waals surface area contributed by atoms with Crippen LogP contribution in [-0.4, -0.2) is 5.11 Å².